The summed E-state index contributed by atoms with van der Waals surface area (Å²) in [6.45, 7) is 3.61. The van der Waals surface area contributed by atoms with E-state index in [1.807, 2.05) is 23.1 Å². The zero-order valence-electron chi connectivity index (χ0n) is 18.7. The predicted molar refractivity (Wildman–Crippen MR) is 122 cm³/mol. The molecule has 1 aromatic carbocycles. The van der Waals surface area contributed by atoms with E-state index >= 15 is 0 Å². The molecule has 0 aliphatic carbocycles. The van der Waals surface area contributed by atoms with E-state index in [1.165, 1.54) is 0 Å². The van der Waals surface area contributed by atoms with Crippen molar-refractivity contribution in [3.05, 3.63) is 75.7 Å². The Kier molecular flexibility index (Phi) is 5.95. The van der Waals surface area contributed by atoms with Gasteiger partial charge in [0, 0.05) is 62.2 Å². The Morgan fingerprint density at radius 2 is 2.12 bits per heavy atom. The third-order valence-corrected chi connectivity index (χ3v) is 6.54. The highest BCUT2D eigenvalue weighted by molar-refractivity contribution is 5.76. The summed E-state index contributed by atoms with van der Waals surface area (Å²) in [6, 6.07) is 9.81. The lowest BCUT2D eigenvalue weighted by atomic mass is 10.0. The van der Waals surface area contributed by atoms with E-state index in [0.29, 0.717) is 31.9 Å². The van der Waals surface area contributed by atoms with Crippen LogP contribution >= 0.6 is 0 Å². The molecule has 33 heavy (non-hydrogen) atoms. The Morgan fingerprint density at radius 1 is 1.24 bits per heavy atom. The summed E-state index contributed by atoms with van der Waals surface area (Å²) in [5.41, 5.74) is 2.69. The maximum atomic E-state index is 12.8. The van der Waals surface area contributed by atoms with Crippen LogP contribution in [0.3, 0.4) is 0 Å². The van der Waals surface area contributed by atoms with Crippen molar-refractivity contribution in [3.63, 3.8) is 0 Å². The van der Waals surface area contributed by atoms with Gasteiger partial charge in [-0.3, -0.25) is 19.2 Å². The lowest BCUT2D eigenvalue weighted by Gasteiger charge is -2.28. The molecular weight excluding hydrogens is 420 g/mol. The highest BCUT2D eigenvalue weighted by atomic mass is 16.5. The molecule has 5 rings (SSSR count). The zero-order valence-corrected chi connectivity index (χ0v) is 18.7. The Morgan fingerprint density at radius 3 is 2.94 bits per heavy atom. The molecule has 9 heteroatoms. The molecule has 0 unspecified atom stereocenters. The highest BCUT2D eigenvalue weighted by Gasteiger charge is 2.30. The number of methoxy groups -OCH3 is 1. The van der Waals surface area contributed by atoms with Crippen LogP contribution in [0.2, 0.25) is 0 Å². The largest absolute Gasteiger partial charge is 0.496 e. The van der Waals surface area contributed by atoms with Crippen LogP contribution in [0, 0.1) is 0 Å². The monoisotopic (exact) mass is 448 g/mol. The number of rotatable bonds is 6. The summed E-state index contributed by atoms with van der Waals surface area (Å²) in [6.07, 6.45) is 4.91. The Bertz CT molecular complexity index is 1190. The highest BCUT2D eigenvalue weighted by Crippen LogP contribution is 2.27. The van der Waals surface area contributed by atoms with E-state index in [9.17, 15) is 9.59 Å². The number of para-hydroxylation sites is 1. The molecule has 4 heterocycles. The third-order valence-electron chi connectivity index (χ3n) is 6.54. The number of nitrogens with one attached hydrogen (secondary N) is 1. The topological polar surface area (TPSA) is 96.3 Å². The van der Waals surface area contributed by atoms with Gasteiger partial charge >= 0.3 is 0 Å². The molecule has 1 atom stereocenters. The van der Waals surface area contributed by atoms with Gasteiger partial charge in [-0.2, -0.15) is 5.10 Å². The summed E-state index contributed by atoms with van der Waals surface area (Å²) < 4.78 is 7.12. The molecule has 0 saturated carbocycles. The number of fused-ring (bicyclic) bond motifs is 1. The van der Waals surface area contributed by atoms with E-state index in [4.69, 9.17) is 9.72 Å². The van der Waals surface area contributed by atoms with Crippen LogP contribution in [-0.2, 0) is 30.8 Å². The fraction of sp³-hybridized carbons (Fsp3) is 0.417. The molecule has 0 radical (unpaired) electrons. The summed E-state index contributed by atoms with van der Waals surface area (Å²) in [7, 11) is 1.68. The number of H-pyrrole nitrogens is 1. The second-order valence-corrected chi connectivity index (χ2v) is 8.68. The van der Waals surface area contributed by atoms with Gasteiger partial charge < -0.3 is 14.6 Å². The first-order valence-corrected chi connectivity index (χ1v) is 11.3. The SMILES string of the molecule is COc1ccccc1CN1CCc2c(nc([C@@H]3CCN(C(=O)Cn4cccn4)C3)[nH]c2=O)C1. The van der Waals surface area contributed by atoms with Crippen LogP contribution in [-0.4, -0.2) is 62.2 Å². The van der Waals surface area contributed by atoms with Crippen LogP contribution < -0.4 is 10.3 Å². The predicted octanol–water partition coefficient (Wildman–Crippen LogP) is 1.55. The van der Waals surface area contributed by atoms with Crippen molar-refractivity contribution in [1.82, 2.24) is 29.5 Å². The van der Waals surface area contributed by atoms with Gasteiger partial charge in [-0.25, -0.2) is 4.98 Å². The normalized spacial score (nSPS) is 18.3. The first-order valence-electron chi connectivity index (χ1n) is 11.3. The molecule has 0 spiro atoms. The van der Waals surface area contributed by atoms with E-state index in [-0.39, 0.29) is 23.9 Å². The molecule has 2 aliphatic rings. The average Bonchev–Trinajstić information content (AvgIpc) is 3.52. The molecule has 172 valence electrons. The van der Waals surface area contributed by atoms with Gasteiger partial charge in [0.05, 0.1) is 12.8 Å². The van der Waals surface area contributed by atoms with Crippen molar-refractivity contribution < 1.29 is 9.53 Å². The Hall–Kier alpha value is -3.46. The van der Waals surface area contributed by atoms with Crippen molar-refractivity contribution in [2.24, 2.45) is 0 Å². The number of carbonyl (C=O) groups is 1. The van der Waals surface area contributed by atoms with E-state index in [0.717, 1.165) is 42.1 Å². The number of ether oxygens (including phenoxy) is 1. The number of hydrogen-bond donors (Lipinski definition) is 1. The van der Waals surface area contributed by atoms with Crippen molar-refractivity contribution >= 4 is 5.91 Å². The molecule has 1 fully saturated rings. The van der Waals surface area contributed by atoms with E-state index < -0.39 is 0 Å². The van der Waals surface area contributed by atoms with Crippen LogP contribution in [0.25, 0.3) is 0 Å². The molecule has 2 aromatic heterocycles. The second kappa shape index (κ2) is 9.19. The first-order chi connectivity index (χ1) is 16.1. The molecular formula is C24H28N6O3. The Balaban J connectivity index is 1.28. The summed E-state index contributed by atoms with van der Waals surface area (Å²) in [4.78, 5) is 37.4. The zero-order chi connectivity index (χ0) is 22.8. The quantitative estimate of drug-likeness (QED) is 0.615. The van der Waals surface area contributed by atoms with Gasteiger partial charge in [-0.1, -0.05) is 18.2 Å². The van der Waals surface area contributed by atoms with Gasteiger partial charge in [-0.15, -0.1) is 0 Å². The minimum atomic E-state index is -0.0479. The number of benzene rings is 1. The summed E-state index contributed by atoms with van der Waals surface area (Å²) in [5, 5.41) is 4.11. The summed E-state index contributed by atoms with van der Waals surface area (Å²) in [5.74, 6) is 1.62. The molecule has 0 bridgehead atoms. The molecule has 1 amide bonds. The van der Waals surface area contributed by atoms with Gasteiger partial charge in [0.25, 0.3) is 5.56 Å². The maximum Gasteiger partial charge on any atom is 0.254 e. The fourth-order valence-electron chi connectivity index (χ4n) is 4.76. The third kappa shape index (κ3) is 4.54. The Labute approximate surface area is 192 Å². The van der Waals surface area contributed by atoms with Crippen LogP contribution in [0.4, 0.5) is 0 Å². The molecule has 1 saturated heterocycles. The fourth-order valence-corrected chi connectivity index (χ4v) is 4.76. The molecule has 3 aromatic rings. The average molecular weight is 449 g/mol. The standard InChI is InChI=1S/C24H28N6O3/c1-33-21-6-3-2-5-17(21)13-28-11-8-19-20(15-28)26-23(27-24(19)32)18-7-12-29(14-18)22(31)16-30-10-4-9-25-30/h2-6,9-10,18H,7-8,11-16H2,1H3,(H,26,27,32)/t18-/m1/s1. The molecule has 9 nitrogen and oxygen atoms in total. The lowest BCUT2D eigenvalue weighted by molar-refractivity contribution is -0.131. The van der Waals surface area contributed by atoms with Crippen LogP contribution in [0.1, 0.15) is 35.0 Å². The molecule has 2 aliphatic heterocycles. The van der Waals surface area contributed by atoms with Crippen molar-refractivity contribution in [2.45, 2.75) is 38.4 Å². The smallest absolute Gasteiger partial charge is 0.254 e. The maximum absolute atomic E-state index is 12.8. The van der Waals surface area contributed by atoms with Crippen molar-refractivity contribution in [1.29, 1.82) is 0 Å². The number of carbonyl (C=O) groups excluding carboxylic acids is 1. The van der Waals surface area contributed by atoms with Crippen molar-refractivity contribution in [3.8, 4) is 5.75 Å². The number of aromatic nitrogens is 4. The van der Waals surface area contributed by atoms with Crippen molar-refractivity contribution in [2.75, 3.05) is 26.7 Å². The minimum Gasteiger partial charge on any atom is -0.496 e. The minimum absolute atomic E-state index is 0.0319. The van der Waals surface area contributed by atoms with E-state index in [2.05, 4.69) is 21.0 Å². The number of hydrogen-bond acceptors (Lipinski definition) is 6. The number of aromatic amines is 1. The van der Waals surface area contributed by atoms with Gasteiger partial charge in [0.15, 0.2) is 0 Å². The second-order valence-electron chi connectivity index (χ2n) is 8.68. The number of nitrogens with zero attached hydrogens (tertiary/aromatic N) is 5. The lowest BCUT2D eigenvalue weighted by Crippen LogP contribution is -2.36. The van der Waals surface area contributed by atoms with Crippen LogP contribution in [0.5, 0.6) is 5.75 Å². The first kappa shape index (κ1) is 21.4. The molecule has 1 N–H and O–H groups in total. The number of likely N-dealkylation sites (tertiary alicyclic amines) is 1. The van der Waals surface area contributed by atoms with E-state index in [1.54, 1.807) is 30.3 Å². The number of amides is 1. The van der Waals surface area contributed by atoms with Gasteiger partial charge in [0.2, 0.25) is 5.91 Å². The van der Waals surface area contributed by atoms with Crippen LogP contribution in [0.15, 0.2) is 47.5 Å². The van der Waals surface area contributed by atoms with Gasteiger partial charge in [-0.05, 0) is 25.0 Å². The summed E-state index contributed by atoms with van der Waals surface area (Å²) >= 11 is 0. The van der Waals surface area contributed by atoms with Gasteiger partial charge in [0.1, 0.15) is 18.1 Å².